The van der Waals surface area contributed by atoms with Crippen molar-refractivity contribution >= 4 is 17.5 Å². The third-order valence-electron chi connectivity index (χ3n) is 5.92. The summed E-state index contributed by atoms with van der Waals surface area (Å²) in [5.41, 5.74) is 0.810. The molecule has 2 aromatic carbocycles. The van der Waals surface area contributed by atoms with Crippen LogP contribution >= 0.6 is 0 Å². The van der Waals surface area contributed by atoms with Gasteiger partial charge in [-0.15, -0.1) is 0 Å². The highest BCUT2D eigenvalue weighted by molar-refractivity contribution is 5.93. The highest BCUT2D eigenvalue weighted by Crippen LogP contribution is 2.49. The van der Waals surface area contributed by atoms with E-state index in [4.69, 9.17) is 0 Å². The Hall–Kier alpha value is -2.83. The first-order chi connectivity index (χ1) is 14.3. The minimum atomic E-state index is -4.36. The third kappa shape index (κ3) is 4.50. The Morgan fingerprint density at radius 3 is 2.37 bits per heavy atom. The number of alkyl halides is 3. The van der Waals surface area contributed by atoms with Crippen LogP contribution in [-0.2, 0) is 15.8 Å². The van der Waals surface area contributed by atoms with Crippen LogP contribution in [0.3, 0.4) is 0 Å². The molecule has 2 fully saturated rings. The van der Waals surface area contributed by atoms with Gasteiger partial charge in [0.2, 0.25) is 11.8 Å². The van der Waals surface area contributed by atoms with Gasteiger partial charge in [0.1, 0.15) is 0 Å². The molecule has 1 heterocycles. The lowest BCUT2D eigenvalue weighted by Gasteiger charge is -2.32. The summed E-state index contributed by atoms with van der Waals surface area (Å²) in [6.45, 7) is 0.998. The summed E-state index contributed by atoms with van der Waals surface area (Å²) < 4.78 is 38.2. The molecular formula is C23H23F3N2O2. The first-order valence-corrected chi connectivity index (χ1v) is 10.1. The van der Waals surface area contributed by atoms with Gasteiger partial charge in [-0.2, -0.15) is 13.2 Å². The monoisotopic (exact) mass is 416 g/mol. The summed E-state index contributed by atoms with van der Waals surface area (Å²) in [5, 5.41) is 2.90. The van der Waals surface area contributed by atoms with E-state index in [1.165, 1.54) is 12.1 Å². The van der Waals surface area contributed by atoms with Crippen molar-refractivity contribution in [2.45, 2.75) is 31.4 Å². The van der Waals surface area contributed by atoms with Gasteiger partial charge in [-0.3, -0.25) is 9.59 Å². The Morgan fingerprint density at radius 1 is 1.00 bits per heavy atom. The summed E-state index contributed by atoms with van der Waals surface area (Å²) in [6, 6.07) is 14.3. The molecule has 158 valence electrons. The van der Waals surface area contributed by atoms with E-state index < -0.39 is 11.7 Å². The third-order valence-corrected chi connectivity index (χ3v) is 5.92. The van der Waals surface area contributed by atoms with Crippen molar-refractivity contribution in [1.29, 1.82) is 0 Å². The van der Waals surface area contributed by atoms with E-state index >= 15 is 0 Å². The van der Waals surface area contributed by atoms with Crippen molar-refractivity contribution in [1.82, 2.24) is 4.90 Å². The van der Waals surface area contributed by atoms with E-state index in [1.54, 1.807) is 4.90 Å². The topological polar surface area (TPSA) is 49.4 Å². The van der Waals surface area contributed by atoms with Gasteiger partial charge in [-0.25, -0.2) is 0 Å². The number of anilines is 1. The highest BCUT2D eigenvalue weighted by atomic mass is 19.4. The summed E-state index contributed by atoms with van der Waals surface area (Å²) in [5.74, 6) is -0.604. The van der Waals surface area contributed by atoms with Gasteiger partial charge < -0.3 is 10.2 Å². The number of amides is 2. The molecule has 2 aromatic rings. The molecule has 3 atom stereocenters. The highest BCUT2D eigenvalue weighted by Gasteiger charge is 2.46. The van der Waals surface area contributed by atoms with E-state index in [1.807, 2.05) is 30.3 Å². The largest absolute Gasteiger partial charge is 0.416 e. The molecule has 7 heteroatoms. The van der Waals surface area contributed by atoms with Crippen molar-refractivity contribution in [3.8, 4) is 0 Å². The SMILES string of the molecule is O=C(Nc1ccccc1)C1CCCN(C(=O)C2CC2c2ccc(C(F)(F)F)cc2)C1. The maximum Gasteiger partial charge on any atom is 0.416 e. The van der Waals surface area contributed by atoms with Crippen LogP contribution in [0.25, 0.3) is 0 Å². The van der Waals surface area contributed by atoms with Crippen molar-refractivity contribution in [3.05, 3.63) is 65.7 Å². The predicted octanol–water partition coefficient (Wildman–Crippen LogP) is 4.69. The zero-order valence-corrected chi connectivity index (χ0v) is 16.4. The Kier molecular flexibility index (Phi) is 5.54. The number of likely N-dealkylation sites (tertiary alicyclic amines) is 1. The molecule has 0 radical (unpaired) electrons. The summed E-state index contributed by atoms with van der Waals surface area (Å²) >= 11 is 0. The molecule has 4 nitrogen and oxygen atoms in total. The summed E-state index contributed by atoms with van der Waals surface area (Å²) in [7, 11) is 0. The second kappa shape index (κ2) is 8.13. The molecule has 4 rings (SSSR count). The van der Waals surface area contributed by atoms with E-state index in [9.17, 15) is 22.8 Å². The number of hydrogen-bond acceptors (Lipinski definition) is 2. The smallest absolute Gasteiger partial charge is 0.342 e. The van der Waals surface area contributed by atoms with E-state index in [0.717, 1.165) is 36.2 Å². The molecule has 0 aromatic heterocycles. The number of benzene rings is 2. The van der Waals surface area contributed by atoms with Crippen molar-refractivity contribution < 1.29 is 22.8 Å². The molecular weight excluding hydrogens is 393 g/mol. The molecule has 2 aliphatic rings. The van der Waals surface area contributed by atoms with Gasteiger partial charge in [-0.1, -0.05) is 30.3 Å². The first-order valence-electron chi connectivity index (χ1n) is 10.1. The molecule has 30 heavy (non-hydrogen) atoms. The number of piperidine rings is 1. The molecule has 1 N–H and O–H groups in total. The number of rotatable bonds is 4. The average molecular weight is 416 g/mol. The first kappa shape index (κ1) is 20.4. The van der Waals surface area contributed by atoms with E-state index in [0.29, 0.717) is 19.5 Å². The normalized spacial score (nSPS) is 23.7. The number of halogens is 3. The standard InChI is InChI=1S/C23H23F3N2O2/c24-23(25,26)17-10-8-15(9-11-17)19-13-20(19)22(30)28-12-4-5-16(14-28)21(29)27-18-6-2-1-3-7-18/h1-3,6-11,16,19-20H,4-5,12-14H2,(H,27,29). The quantitative estimate of drug-likeness (QED) is 0.786. The Labute approximate surface area is 173 Å². The maximum atomic E-state index is 12.9. The molecule has 1 saturated carbocycles. The van der Waals surface area contributed by atoms with Crippen LogP contribution in [0.4, 0.5) is 18.9 Å². The molecule has 0 spiro atoms. The zero-order valence-electron chi connectivity index (χ0n) is 16.4. The van der Waals surface area contributed by atoms with Crippen molar-refractivity contribution in [3.63, 3.8) is 0 Å². The van der Waals surface area contributed by atoms with Gasteiger partial charge in [0.15, 0.2) is 0 Å². The van der Waals surface area contributed by atoms with Crippen LogP contribution in [0.2, 0.25) is 0 Å². The Bertz CT molecular complexity index is 912. The van der Waals surface area contributed by atoms with Crippen molar-refractivity contribution in [2.24, 2.45) is 11.8 Å². The van der Waals surface area contributed by atoms with Gasteiger partial charge in [0.05, 0.1) is 11.5 Å². The number of para-hydroxylation sites is 1. The fourth-order valence-electron chi connectivity index (χ4n) is 4.15. The number of carbonyl (C=O) groups is 2. The predicted molar refractivity (Wildman–Crippen MR) is 107 cm³/mol. The minimum absolute atomic E-state index is 0.00268. The van der Waals surface area contributed by atoms with Crippen LogP contribution in [-0.4, -0.2) is 29.8 Å². The second-order valence-electron chi connectivity index (χ2n) is 8.05. The van der Waals surface area contributed by atoms with Crippen LogP contribution in [0.5, 0.6) is 0 Å². The van der Waals surface area contributed by atoms with Crippen molar-refractivity contribution in [2.75, 3.05) is 18.4 Å². The van der Waals surface area contributed by atoms with Gasteiger partial charge >= 0.3 is 6.18 Å². The van der Waals surface area contributed by atoms with E-state index in [-0.39, 0.29) is 29.6 Å². The van der Waals surface area contributed by atoms with E-state index in [2.05, 4.69) is 5.32 Å². The number of nitrogens with one attached hydrogen (secondary N) is 1. The lowest BCUT2D eigenvalue weighted by atomic mass is 9.96. The second-order valence-corrected chi connectivity index (χ2v) is 8.05. The van der Waals surface area contributed by atoms with Gasteiger partial charge in [0, 0.05) is 24.7 Å². The molecule has 1 aliphatic carbocycles. The molecule has 1 aliphatic heterocycles. The molecule has 3 unspecified atom stereocenters. The number of carbonyl (C=O) groups excluding carboxylic acids is 2. The van der Waals surface area contributed by atoms with Crippen LogP contribution < -0.4 is 5.32 Å². The number of nitrogens with zero attached hydrogens (tertiary/aromatic N) is 1. The van der Waals surface area contributed by atoms with Crippen LogP contribution in [0, 0.1) is 11.8 Å². The fourth-order valence-corrected chi connectivity index (χ4v) is 4.15. The Balaban J connectivity index is 1.34. The van der Waals surface area contributed by atoms with Gasteiger partial charge in [0.25, 0.3) is 0 Å². The average Bonchev–Trinajstić information content (AvgIpc) is 3.54. The molecule has 2 amide bonds. The minimum Gasteiger partial charge on any atom is -0.342 e. The molecule has 0 bridgehead atoms. The summed E-state index contributed by atoms with van der Waals surface area (Å²) in [4.78, 5) is 27.2. The number of hydrogen-bond donors (Lipinski definition) is 1. The zero-order chi connectivity index (χ0) is 21.3. The summed E-state index contributed by atoms with van der Waals surface area (Å²) in [6.07, 6.45) is -2.23. The van der Waals surface area contributed by atoms with Crippen LogP contribution in [0.1, 0.15) is 36.3 Å². The van der Waals surface area contributed by atoms with Crippen LogP contribution in [0.15, 0.2) is 54.6 Å². The lowest BCUT2D eigenvalue weighted by molar-refractivity contribution is -0.138. The van der Waals surface area contributed by atoms with Gasteiger partial charge in [-0.05, 0) is 55.0 Å². The Morgan fingerprint density at radius 2 is 1.70 bits per heavy atom. The maximum absolute atomic E-state index is 12.9. The lowest BCUT2D eigenvalue weighted by Crippen LogP contribution is -2.44. The molecule has 1 saturated heterocycles. The fraction of sp³-hybridized carbons (Fsp3) is 0.391.